The van der Waals surface area contributed by atoms with Crippen LogP contribution in [0.1, 0.15) is 11.7 Å². The smallest absolute Gasteiger partial charge is 0.224 e. The Kier molecular flexibility index (Phi) is 3.43. The van der Waals surface area contributed by atoms with Gasteiger partial charge in [0.2, 0.25) is 11.8 Å². The molecule has 0 aliphatic heterocycles. The summed E-state index contributed by atoms with van der Waals surface area (Å²) in [6.07, 6.45) is 3.20. The first-order valence-corrected chi connectivity index (χ1v) is 5.42. The van der Waals surface area contributed by atoms with E-state index in [9.17, 15) is 0 Å². The monoisotopic (exact) mass is 253 g/mol. The third kappa shape index (κ3) is 2.85. The number of hydrogen-bond donors (Lipinski definition) is 2. The van der Waals surface area contributed by atoms with E-state index >= 15 is 0 Å². The van der Waals surface area contributed by atoms with Crippen LogP contribution in [0, 0.1) is 6.92 Å². The van der Waals surface area contributed by atoms with Crippen molar-refractivity contribution in [2.45, 2.75) is 13.5 Å². The second-order valence-corrected chi connectivity index (χ2v) is 3.77. The third-order valence-electron chi connectivity index (χ3n) is 2.04. The van der Waals surface area contributed by atoms with Crippen molar-refractivity contribution < 1.29 is 4.42 Å². The molecule has 2 aromatic rings. The van der Waals surface area contributed by atoms with Crippen molar-refractivity contribution in [2.75, 3.05) is 17.7 Å². The molecule has 2 N–H and O–H groups in total. The minimum absolute atomic E-state index is 0.424. The Bertz CT molecular complexity index is 513. The molecule has 0 saturated carbocycles. The van der Waals surface area contributed by atoms with E-state index in [0.717, 1.165) is 5.76 Å². The van der Waals surface area contributed by atoms with Crippen LogP contribution in [0.15, 0.2) is 16.8 Å². The Morgan fingerprint density at radius 3 is 2.82 bits per heavy atom. The van der Waals surface area contributed by atoms with Gasteiger partial charge in [0.1, 0.15) is 10.8 Å². The number of aromatic nitrogens is 3. The molecular formula is C10H12ClN5O. The zero-order chi connectivity index (χ0) is 12.3. The molecule has 6 nitrogen and oxygen atoms in total. The standard InChI is InChI=1S/C10H12ClN5O/c1-6-3-13-8(17-6)5-14-9-7(11)4-15-10(12-2)16-9/h3-4H,5H2,1-2H3,(H2,12,14,15,16). The number of halogens is 1. The van der Waals surface area contributed by atoms with Crippen molar-refractivity contribution in [3.63, 3.8) is 0 Å². The highest BCUT2D eigenvalue weighted by Gasteiger charge is 2.06. The number of oxazole rings is 1. The molecule has 2 heterocycles. The molecule has 0 aliphatic rings. The number of anilines is 2. The summed E-state index contributed by atoms with van der Waals surface area (Å²) in [5, 5.41) is 6.33. The number of nitrogens with one attached hydrogen (secondary N) is 2. The zero-order valence-corrected chi connectivity index (χ0v) is 10.2. The minimum Gasteiger partial charge on any atom is -0.444 e. The molecule has 0 aromatic carbocycles. The van der Waals surface area contributed by atoms with Gasteiger partial charge < -0.3 is 15.1 Å². The highest BCUT2D eigenvalue weighted by Crippen LogP contribution is 2.19. The second-order valence-electron chi connectivity index (χ2n) is 3.36. The molecule has 0 amide bonds. The first-order chi connectivity index (χ1) is 8.19. The summed E-state index contributed by atoms with van der Waals surface area (Å²) in [5.74, 6) is 2.40. The van der Waals surface area contributed by atoms with E-state index in [1.807, 2.05) is 6.92 Å². The molecule has 2 rings (SSSR count). The van der Waals surface area contributed by atoms with E-state index in [4.69, 9.17) is 16.0 Å². The first kappa shape index (κ1) is 11.7. The van der Waals surface area contributed by atoms with E-state index in [1.165, 1.54) is 6.20 Å². The fraction of sp³-hybridized carbons (Fsp3) is 0.300. The van der Waals surface area contributed by atoms with Crippen LogP contribution in [-0.2, 0) is 6.54 Å². The van der Waals surface area contributed by atoms with Gasteiger partial charge in [-0.3, -0.25) is 0 Å². The molecule has 0 aliphatic carbocycles. The van der Waals surface area contributed by atoms with E-state index in [1.54, 1.807) is 13.2 Å². The Labute approximate surface area is 103 Å². The van der Waals surface area contributed by atoms with Crippen LogP contribution in [-0.4, -0.2) is 22.0 Å². The lowest BCUT2D eigenvalue weighted by Crippen LogP contribution is -2.05. The summed E-state index contributed by atoms with van der Waals surface area (Å²) in [6.45, 7) is 2.26. The predicted molar refractivity (Wildman–Crippen MR) is 65.2 cm³/mol. The van der Waals surface area contributed by atoms with Gasteiger partial charge in [-0.2, -0.15) is 4.98 Å². The lowest BCUT2D eigenvalue weighted by molar-refractivity contribution is 0.479. The van der Waals surface area contributed by atoms with Gasteiger partial charge in [0.05, 0.1) is 18.9 Å². The second kappa shape index (κ2) is 5.01. The number of hydrogen-bond acceptors (Lipinski definition) is 6. The first-order valence-electron chi connectivity index (χ1n) is 5.04. The average Bonchev–Trinajstić information content (AvgIpc) is 2.74. The summed E-state index contributed by atoms with van der Waals surface area (Å²) in [7, 11) is 1.74. The molecule has 90 valence electrons. The minimum atomic E-state index is 0.424. The molecule has 2 aromatic heterocycles. The number of nitrogens with zero attached hydrogens (tertiary/aromatic N) is 3. The lowest BCUT2D eigenvalue weighted by atomic mass is 10.5. The molecule has 0 spiro atoms. The maximum atomic E-state index is 5.96. The zero-order valence-electron chi connectivity index (χ0n) is 9.49. The molecule has 7 heteroatoms. The Morgan fingerprint density at radius 1 is 1.35 bits per heavy atom. The van der Waals surface area contributed by atoms with Crippen LogP contribution in [0.5, 0.6) is 0 Å². The van der Waals surface area contributed by atoms with E-state index in [0.29, 0.717) is 29.2 Å². The van der Waals surface area contributed by atoms with Crippen molar-refractivity contribution >= 4 is 23.4 Å². The van der Waals surface area contributed by atoms with Crippen LogP contribution in [0.3, 0.4) is 0 Å². The number of rotatable bonds is 4. The largest absolute Gasteiger partial charge is 0.444 e. The quantitative estimate of drug-likeness (QED) is 0.869. The van der Waals surface area contributed by atoms with Gasteiger partial charge >= 0.3 is 0 Å². The Morgan fingerprint density at radius 2 is 2.18 bits per heavy atom. The topological polar surface area (TPSA) is 75.9 Å². The summed E-state index contributed by atoms with van der Waals surface area (Å²) in [6, 6.07) is 0. The van der Waals surface area contributed by atoms with Crippen LogP contribution in [0.25, 0.3) is 0 Å². The fourth-order valence-corrected chi connectivity index (χ4v) is 1.41. The van der Waals surface area contributed by atoms with Crippen LogP contribution in [0.2, 0.25) is 5.02 Å². The van der Waals surface area contributed by atoms with Gasteiger partial charge in [-0.15, -0.1) is 0 Å². The van der Waals surface area contributed by atoms with Gasteiger partial charge in [0.15, 0.2) is 5.82 Å². The highest BCUT2D eigenvalue weighted by atomic mass is 35.5. The average molecular weight is 254 g/mol. The van der Waals surface area contributed by atoms with E-state index in [2.05, 4.69) is 25.6 Å². The summed E-state index contributed by atoms with van der Waals surface area (Å²) >= 11 is 5.96. The summed E-state index contributed by atoms with van der Waals surface area (Å²) in [4.78, 5) is 12.2. The van der Waals surface area contributed by atoms with Crippen molar-refractivity contribution in [1.29, 1.82) is 0 Å². The van der Waals surface area contributed by atoms with Crippen molar-refractivity contribution in [1.82, 2.24) is 15.0 Å². The maximum absolute atomic E-state index is 5.96. The van der Waals surface area contributed by atoms with E-state index in [-0.39, 0.29) is 0 Å². The van der Waals surface area contributed by atoms with Crippen LogP contribution in [0.4, 0.5) is 11.8 Å². The van der Waals surface area contributed by atoms with Crippen molar-refractivity contribution in [3.05, 3.63) is 29.1 Å². The SMILES string of the molecule is CNc1ncc(Cl)c(NCc2ncc(C)o2)n1. The molecular weight excluding hydrogens is 242 g/mol. The Hall–Kier alpha value is -1.82. The van der Waals surface area contributed by atoms with Gasteiger partial charge in [-0.05, 0) is 6.92 Å². The maximum Gasteiger partial charge on any atom is 0.224 e. The molecule has 17 heavy (non-hydrogen) atoms. The molecule has 0 fully saturated rings. The number of aryl methyl sites for hydroxylation is 1. The summed E-state index contributed by atoms with van der Waals surface area (Å²) < 4.78 is 5.33. The normalized spacial score (nSPS) is 10.3. The van der Waals surface area contributed by atoms with Crippen LogP contribution >= 0.6 is 11.6 Å². The molecule has 0 atom stereocenters. The molecule has 0 saturated heterocycles. The van der Waals surface area contributed by atoms with Crippen molar-refractivity contribution in [2.24, 2.45) is 0 Å². The molecule has 0 unspecified atom stereocenters. The predicted octanol–water partition coefficient (Wildman–Crippen LogP) is 2.08. The van der Waals surface area contributed by atoms with Gasteiger partial charge in [-0.1, -0.05) is 11.6 Å². The van der Waals surface area contributed by atoms with Crippen molar-refractivity contribution in [3.8, 4) is 0 Å². The molecule has 0 radical (unpaired) electrons. The van der Waals surface area contributed by atoms with Crippen LogP contribution < -0.4 is 10.6 Å². The van der Waals surface area contributed by atoms with Gasteiger partial charge in [-0.25, -0.2) is 9.97 Å². The van der Waals surface area contributed by atoms with Gasteiger partial charge in [0.25, 0.3) is 0 Å². The molecule has 0 bridgehead atoms. The summed E-state index contributed by atoms with van der Waals surface area (Å²) in [5.41, 5.74) is 0. The highest BCUT2D eigenvalue weighted by molar-refractivity contribution is 6.32. The van der Waals surface area contributed by atoms with E-state index < -0.39 is 0 Å². The van der Waals surface area contributed by atoms with Gasteiger partial charge in [0, 0.05) is 7.05 Å². The third-order valence-corrected chi connectivity index (χ3v) is 2.32. The fourth-order valence-electron chi connectivity index (χ4n) is 1.25. The Balaban J connectivity index is 2.07. The lowest BCUT2D eigenvalue weighted by Gasteiger charge is -2.06.